The fraction of sp³-hybridized carbons (Fsp3) is 0.143. The van der Waals surface area contributed by atoms with E-state index in [0.717, 1.165) is 0 Å². The number of anilines is 1. The zero-order chi connectivity index (χ0) is 15.4. The van der Waals surface area contributed by atoms with Gasteiger partial charge in [-0.25, -0.2) is 9.37 Å². The molecule has 0 atom stereocenters. The molecule has 0 aliphatic heterocycles. The van der Waals surface area contributed by atoms with Crippen LogP contribution >= 0.6 is 34.8 Å². The van der Waals surface area contributed by atoms with Crippen LogP contribution in [0.15, 0.2) is 36.4 Å². The Kier molecular flexibility index (Phi) is 5.39. The van der Waals surface area contributed by atoms with Gasteiger partial charge in [-0.3, -0.25) is 4.79 Å². The van der Waals surface area contributed by atoms with Crippen molar-refractivity contribution in [2.45, 2.75) is 6.54 Å². The van der Waals surface area contributed by atoms with Crippen LogP contribution in [-0.2, 0) is 11.3 Å². The van der Waals surface area contributed by atoms with E-state index in [1.165, 1.54) is 17.0 Å². The number of halogens is 4. The number of rotatable bonds is 4. The Morgan fingerprint density at radius 2 is 2.00 bits per heavy atom. The Hall–Kier alpha value is -1.36. The number of carbonyl (C=O) groups is 1. The highest BCUT2D eigenvalue weighted by Crippen LogP contribution is 2.23. The topological polar surface area (TPSA) is 33.2 Å². The Morgan fingerprint density at radius 3 is 2.62 bits per heavy atom. The molecule has 2 rings (SSSR count). The van der Waals surface area contributed by atoms with Crippen LogP contribution in [0.5, 0.6) is 0 Å². The molecule has 1 aromatic heterocycles. The number of hydrogen-bond donors (Lipinski definition) is 0. The monoisotopic (exact) mass is 346 g/mol. The molecule has 0 saturated heterocycles. The molecular weight excluding hydrogens is 338 g/mol. The lowest BCUT2D eigenvalue weighted by Gasteiger charge is -2.22. The minimum Gasteiger partial charge on any atom is -0.305 e. The first kappa shape index (κ1) is 16.0. The number of pyridine rings is 1. The SMILES string of the molecule is O=C(CCl)N(Cc1cccc(Cl)n1)c1ccc(Cl)c(F)c1. The van der Waals surface area contributed by atoms with Crippen molar-refractivity contribution in [3.63, 3.8) is 0 Å². The largest absolute Gasteiger partial charge is 0.305 e. The van der Waals surface area contributed by atoms with Gasteiger partial charge < -0.3 is 4.90 Å². The third-order valence-corrected chi connectivity index (χ3v) is 3.47. The summed E-state index contributed by atoms with van der Waals surface area (Å²) < 4.78 is 13.6. The van der Waals surface area contributed by atoms with E-state index in [9.17, 15) is 9.18 Å². The molecule has 0 radical (unpaired) electrons. The molecular formula is C14H10Cl3FN2O. The maximum Gasteiger partial charge on any atom is 0.242 e. The van der Waals surface area contributed by atoms with E-state index in [1.807, 2.05) is 0 Å². The van der Waals surface area contributed by atoms with Gasteiger partial charge in [0.2, 0.25) is 5.91 Å². The summed E-state index contributed by atoms with van der Waals surface area (Å²) in [5, 5.41) is 0.297. The van der Waals surface area contributed by atoms with Crippen molar-refractivity contribution in [3.05, 3.63) is 58.1 Å². The van der Waals surface area contributed by atoms with Gasteiger partial charge in [-0.1, -0.05) is 29.3 Å². The summed E-state index contributed by atoms with van der Waals surface area (Å²) in [6.45, 7) is 0.132. The number of carbonyl (C=O) groups excluding carboxylic acids is 1. The van der Waals surface area contributed by atoms with Crippen molar-refractivity contribution in [2.24, 2.45) is 0 Å². The van der Waals surface area contributed by atoms with Gasteiger partial charge in [-0.05, 0) is 30.3 Å². The lowest BCUT2D eigenvalue weighted by atomic mass is 10.2. The van der Waals surface area contributed by atoms with Gasteiger partial charge in [-0.15, -0.1) is 11.6 Å². The van der Waals surface area contributed by atoms with Crippen molar-refractivity contribution < 1.29 is 9.18 Å². The van der Waals surface area contributed by atoms with E-state index < -0.39 is 5.82 Å². The van der Waals surface area contributed by atoms with Gasteiger partial charge in [0, 0.05) is 5.69 Å². The minimum absolute atomic E-state index is 0.0158. The molecule has 21 heavy (non-hydrogen) atoms. The summed E-state index contributed by atoms with van der Waals surface area (Å²) in [4.78, 5) is 17.4. The van der Waals surface area contributed by atoms with Gasteiger partial charge in [0.25, 0.3) is 0 Å². The third kappa shape index (κ3) is 4.06. The van der Waals surface area contributed by atoms with E-state index in [2.05, 4.69) is 4.98 Å². The average molecular weight is 348 g/mol. The summed E-state index contributed by atoms with van der Waals surface area (Å²) in [6.07, 6.45) is 0. The fourth-order valence-electron chi connectivity index (χ4n) is 1.75. The highest BCUT2D eigenvalue weighted by atomic mass is 35.5. The maximum absolute atomic E-state index is 13.6. The van der Waals surface area contributed by atoms with E-state index >= 15 is 0 Å². The van der Waals surface area contributed by atoms with E-state index in [0.29, 0.717) is 16.5 Å². The van der Waals surface area contributed by atoms with Crippen molar-refractivity contribution in [3.8, 4) is 0 Å². The highest BCUT2D eigenvalue weighted by Gasteiger charge is 2.17. The van der Waals surface area contributed by atoms with Crippen molar-refractivity contribution in [1.29, 1.82) is 0 Å². The molecule has 3 nitrogen and oxygen atoms in total. The Labute approximate surface area is 136 Å². The molecule has 0 bridgehead atoms. The Bertz CT molecular complexity index is 666. The maximum atomic E-state index is 13.6. The first-order valence-corrected chi connectivity index (χ1v) is 7.23. The lowest BCUT2D eigenvalue weighted by molar-refractivity contribution is -0.116. The molecule has 1 aromatic carbocycles. The van der Waals surface area contributed by atoms with Crippen LogP contribution in [-0.4, -0.2) is 16.8 Å². The van der Waals surface area contributed by atoms with Crippen LogP contribution in [0.4, 0.5) is 10.1 Å². The third-order valence-electron chi connectivity index (χ3n) is 2.72. The molecule has 2 aromatic rings. The van der Waals surface area contributed by atoms with E-state index in [1.54, 1.807) is 24.3 Å². The molecule has 0 saturated carbocycles. The normalized spacial score (nSPS) is 10.5. The van der Waals surface area contributed by atoms with Gasteiger partial charge in [0.15, 0.2) is 0 Å². The molecule has 0 unspecified atom stereocenters. The number of benzene rings is 1. The summed E-state index contributed by atoms with van der Waals surface area (Å²) in [5.74, 6) is -1.22. The van der Waals surface area contributed by atoms with Gasteiger partial charge in [-0.2, -0.15) is 0 Å². The first-order chi connectivity index (χ1) is 10.0. The highest BCUT2D eigenvalue weighted by molar-refractivity contribution is 6.31. The molecule has 0 spiro atoms. The fourth-order valence-corrected chi connectivity index (χ4v) is 2.19. The lowest BCUT2D eigenvalue weighted by Crippen LogP contribution is -2.31. The van der Waals surface area contributed by atoms with Crippen LogP contribution in [0.3, 0.4) is 0 Å². The second kappa shape index (κ2) is 7.07. The number of hydrogen-bond acceptors (Lipinski definition) is 2. The van der Waals surface area contributed by atoms with Crippen LogP contribution in [0, 0.1) is 5.82 Å². The predicted molar refractivity (Wildman–Crippen MR) is 82.6 cm³/mol. The second-order valence-corrected chi connectivity index (χ2v) is 5.23. The molecule has 1 heterocycles. The summed E-state index contributed by atoms with van der Waals surface area (Å²) in [6, 6.07) is 9.16. The van der Waals surface area contributed by atoms with Crippen LogP contribution < -0.4 is 4.90 Å². The quantitative estimate of drug-likeness (QED) is 0.610. The molecule has 110 valence electrons. The predicted octanol–water partition coefficient (Wildman–Crippen LogP) is 4.30. The van der Waals surface area contributed by atoms with Crippen molar-refractivity contribution in [1.82, 2.24) is 4.98 Å². The first-order valence-electron chi connectivity index (χ1n) is 5.94. The van der Waals surface area contributed by atoms with Gasteiger partial charge in [0.05, 0.1) is 17.3 Å². The number of nitrogens with zero attached hydrogens (tertiary/aromatic N) is 2. The minimum atomic E-state index is -0.611. The van der Waals surface area contributed by atoms with Crippen molar-refractivity contribution >= 4 is 46.4 Å². The molecule has 7 heteroatoms. The number of alkyl halides is 1. The standard InChI is InChI=1S/C14H10Cl3FN2O/c15-7-14(21)20(8-9-2-1-3-13(17)19-9)10-4-5-11(16)12(18)6-10/h1-6H,7-8H2. The smallest absolute Gasteiger partial charge is 0.242 e. The zero-order valence-electron chi connectivity index (χ0n) is 10.7. The molecule has 0 aliphatic rings. The summed E-state index contributed by atoms with van der Waals surface area (Å²) in [7, 11) is 0. The van der Waals surface area contributed by atoms with E-state index in [4.69, 9.17) is 34.8 Å². The van der Waals surface area contributed by atoms with Crippen LogP contribution in [0.1, 0.15) is 5.69 Å². The van der Waals surface area contributed by atoms with Gasteiger partial charge >= 0.3 is 0 Å². The molecule has 0 N–H and O–H groups in total. The second-order valence-electron chi connectivity index (χ2n) is 4.16. The molecule has 0 fully saturated rings. The van der Waals surface area contributed by atoms with E-state index in [-0.39, 0.29) is 23.4 Å². The Balaban J connectivity index is 2.34. The summed E-state index contributed by atoms with van der Waals surface area (Å²) in [5.41, 5.74) is 0.917. The van der Waals surface area contributed by atoms with Crippen LogP contribution in [0.2, 0.25) is 10.2 Å². The molecule has 0 aliphatic carbocycles. The average Bonchev–Trinajstić information content (AvgIpc) is 2.47. The van der Waals surface area contributed by atoms with Crippen molar-refractivity contribution in [2.75, 3.05) is 10.8 Å². The van der Waals surface area contributed by atoms with Gasteiger partial charge in [0.1, 0.15) is 16.9 Å². The zero-order valence-corrected chi connectivity index (χ0v) is 13.0. The summed E-state index contributed by atoms with van der Waals surface area (Å²) >= 11 is 17.1. The number of amides is 1. The number of aromatic nitrogens is 1. The molecule has 1 amide bonds. The van der Waals surface area contributed by atoms with Crippen LogP contribution in [0.25, 0.3) is 0 Å². The Morgan fingerprint density at radius 1 is 1.24 bits per heavy atom.